The molecule has 4 aromatic carbocycles. The molecular formula is C28H22O6. The average Bonchev–Trinajstić information content (AvgIpc) is 3.05. The molecule has 1 unspecified atom stereocenters. The van der Waals surface area contributed by atoms with Crippen LogP contribution in [0, 0.1) is 0 Å². The van der Waals surface area contributed by atoms with Crippen molar-refractivity contribution in [3.8, 4) is 34.5 Å². The predicted octanol–water partition coefficient (Wildman–Crippen LogP) is 5.08. The molecule has 0 aliphatic heterocycles. The van der Waals surface area contributed by atoms with Crippen molar-refractivity contribution in [3.63, 3.8) is 0 Å². The van der Waals surface area contributed by atoms with Crippen molar-refractivity contribution >= 4 is 0 Å². The molecule has 0 radical (unpaired) electrons. The first kappa shape index (κ1) is 20.3. The van der Waals surface area contributed by atoms with Gasteiger partial charge in [-0.2, -0.15) is 0 Å². The highest BCUT2D eigenvalue weighted by Crippen LogP contribution is 2.68. The molecule has 0 amide bonds. The summed E-state index contributed by atoms with van der Waals surface area (Å²) in [5.74, 6) is -1.29. The summed E-state index contributed by atoms with van der Waals surface area (Å²) in [6, 6.07) is 19.6. The van der Waals surface area contributed by atoms with Crippen LogP contribution in [0.25, 0.3) is 0 Å². The Morgan fingerprint density at radius 3 is 1.44 bits per heavy atom. The van der Waals surface area contributed by atoms with Gasteiger partial charge in [0.05, 0.1) is 0 Å². The van der Waals surface area contributed by atoms with Crippen LogP contribution in [0.5, 0.6) is 34.5 Å². The van der Waals surface area contributed by atoms with E-state index in [-0.39, 0.29) is 46.3 Å². The molecule has 0 heterocycles. The maximum absolute atomic E-state index is 11.0. The van der Waals surface area contributed by atoms with E-state index < -0.39 is 11.8 Å². The van der Waals surface area contributed by atoms with Gasteiger partial charge in [-0.25, -0.2) is 0 Å². The minimum Gasteiger partial charge on any atom is -0.508 e. The van der Waals surface area contributed by atoms with Crippen LogP contribution in [0.3, 0.4) is 0 Å². The number of fused-ring (bicyclic) bond motifs is 7. The largest absolute Gasteiger partial charge is 0.508 e. The fourth-order valence-corrected chi connectivity index (χ4v) is 6.15. The van der Waals surface area contributed by atoms with E-state index in [1.807, 2.05) is 12.1 Å². The van der Waals surface area contributed by atoms with Crippen LogP contribution in [0.15, 0.2) is 72.8 Å². The Morgan fingerprint density at radius 2 is 0.882 bits per heavy atom. The van der Waals surface area contributed by atoms with E-state index in [0.29, 0.717) is 16.7 Å². The van der Waals surface area contributed by atoms with E-state index >= 15 is 0 Å². The molecule has 4 atom stereocenters. The Hall–Kier alpha value is -4.32. The molecule has 2 aliphatic carbocycles. The first-order valence-electron chi connectivity index (χ1n) is 11.0. The summed E-state index contributed by atoms with van der Waals surface area (Å²) in [6.45, 7) is 0. The first-order chi connectivity index (χ1) is 16.3. The van der Waals surface area contributed by atoms with Gasteiger partial charge in [0.25, 0.3) is 0 Å². The van der Waals surface area contributed by atoms with E-state index in [4.69, 9.17) is 0 Å². The van der Waals surface area contributed by atoms with Crippen molar-refractivity contribution in [1.29, 1.82) is 0 Å². The van der Waals surface area contributed by atoms with Gasteiger partial charge in [-0.3, -0.25) is 0 Å². The van der Waals surface area contributed by atoms with E-state index in [1.54, 1.807) is 48.5 Å². The van der Waals surface area contributed by atoms with E-state index in [0.717, 1.165) is 16.7 Å². The third-order valence-corrected chi connectivity index (χ3v) is 7.30. The van der Waals surface area contributed by atoms with Gasteiger partial charge in [-0.05, 0) is 58.7 Å². The Balaban J connectivity index is 1.72. The highest BCUT2D eigenvalue weighted by atomic mass is 16.3. The van der Waals surface area contributed by atoms with Crippen LogP contribution in [-0.2, 0) is 0 Å². The highest BCUT2D eigenvalue weighted by Gasteiger charge is 2.53. The lowest BCUT2D eigenvalue weighted by molar-refractivity contribution is 0.406. The quantitative estimate of drug-likeness (QED) is 0.251. The zero-order valence-electron chi connectivity index (χ0n) is 17.9. The van der Waals surface area contributed by atoms with Gasteiger partial charge in [0.2, 0.25) is 0 Å². The van der Waals surface area contributed by atoms with Crippen LogP contribution < -0.4 is 0 Å². The van der Waals surface area contributed by atoms with Gasteiger partial charge in [-0.1, -0.05) is 24.3 Å². The summed E-state index contributed by atoms with van der Waals surface area (Å²) in [4.78, 5) is 0. The SMILES string of the molecule is Oc1ccc(C2[C@H]3c4cc(O)cc(O)c4[C@@H](c4ccc(O)cc4)[C@@H]2c2cc(O)cc(O)c23)cc1. The predicted molar refractivity (Wildman–Crippen MR) is 125 cm³/mol. The van der Waals surface area contributed by atoms with Crippen molar-refractivity contribution in [2.75, 3.05) is 0 Å². The van der Waals surface area contributed by atoms with Gasteiger partial charge >= 0.3 is 0 Å². The second-order valence-electron chi connectivity index (χ2n) is 9.13. The molecule has 6 N–H and O–H groups in total. The molecule has 4 aromatic rings. The fraction of sp³-hybridized carbons (Fsp3) is 0.143. The lowest BCUT2D eigenvalue weighted by Crippen LogP contribution is -2.26. The minimum absolute atomic E-state index is 0.0496. The molecule has 0 saturated heterocycles. The van der Waals surface area contributed by atoms with Crippen molar-refractivity contribution in [1.82, 2.24) is 0 Å². The van der Waals surface area contributed by atoms with Gasteiger partial charge in [-0.15, -0.1) is 0 Å². The van der Waals surface area contributed by atoms with E-state index in [1.165, 1.54) is 12.1 Å². The van der Waals surface area contributed by atoms with E-state index in [2.05, 4.69) is 0 Å². The third kappa shape index (κ3) is 2.81. The summed E-state index contributed by atoms with van der Waals surface area (Å²) in [6.07, 6.45) is 0. The van der Waals surface area contributed by atoms with Crippen LogP contribution in [0.1, 0.15) is 57.1 Å². The van der Waals surface area contributed by atoms with Gasteiger partial charge in [0.15, 0.2) is 0 Å². The summed E-state index contributed by atoms with van der Waals surface area (Å²) in [5.41, 5.74) is 4.48. The van der Waals surface area contributed by atoms with Crippen molar-refractivity contribution < 1.29 is 30.6 Å². The molecular weight excluding hydrogens is 432 g/mol. The lowest BCUT2D eigenvalue weighted by atomic mass is 9.63. The molecule has 34 heavy (non-hydrogen) atoms. The Labute approximate surface area is 195 Å². The van der Waals surface area contributed by atoms with Crippen LogP contribution in [-0.4, -0.2) is 30.6 Å². The Kier molecular flexibility index (Phi) is 4.23. The minimum atomic E-state index is -0.397. The number of phenols is 6. The lowest BCUT2D eigenvalue weighted by Gasteiger charge is -2.40. The first-order valence-corrected chi connectivity index (χ1v) is 11.0. The Bertz CT molecular complexity index is 1430. The van der Waals surface area contributed by atoms with Crippen LogP contribution in [0.2, 0.25) is 0 Å². The summed E-state index contributed by atoms with van der Waals surface area (Å²) >= 11 is 0. The summed E-state index contributed by atoms with van der Waals surface area (Å²) in [5, 5.41) is 62.6. The zero-order valence-corrected chi connectivity index (χ0v) is 17.9. The number of hydrogen-bond acceptors (Lipinski definition) is 6. The number of rotatable bonds is 2. The number of benzene rings is 4. The normalized spacial score (nSPS) is 22.2. The molecule has 0 fully saturated rings. The summed E-state index contributed by atoms with van der Waals surface area (Å²) < 4.78 is 0. The third-order valence-electron chi connectivity index (χ3n) is 7.30. The van der Waals surface area contributed by atoms with Crippen molar-refractivity contribution in [2.45, 2.75) is 23.7 Å². The maximum Gasteiger partial charge on any atom is 0.123 e. The monoisotopic (exact) mass is 454 g/mol. The second kappa shape index (κ2) is 7.09. The number of hydrogen-bond donors (Lipinski definition) is 6. The summed E-state index contributed by atoms with van der Waals surface area (Å²) in [7, 11) is 0. The molecule has 0 aromatic heterocycles. The smallest absolute Gasteiger partial charge is 0.123 e. The topological polar surface area (TPSA) is 121 Å². The van der Waals surface area contributed by atoms with Gasteiger partial charge in [0.1, 0.15) is 34.5 Å². The molecule has 6 rings (SSSR count). The molecule has 170 valence electrons. The Morgan fingerprint density at radius 1 is 0.412 bits per heavy atom. The van der Waals surface area contributed by atoms with E-state index in [9.17, 15) is 30.6 Å². The average molecular weight is 454 g/mol. The van der Waals surface area contributed by atoms with Gasteiger partial charge in [0, 0.05) is 46.9 Å². The number of phenolic OH excluding ortho intramolecular Hbond substituents is 6. The van der Waals surface area contributed by atoms with Gasteiger partial charge < -0.3 is 30.6 Å². The molecule has 0 spiro atoms. The number of aromatic hydroxyl groups is 6. The van der Waals surface area contributed by atoms with Crippen molar-refractivity contribution in [2.24, 2.45) is 0 Å². The molecule has 6 nitrogen and oxygen atoms in total. The van der Waals surface area contributed by atoms with Crippen LogP contribution >= 0.6 is 0 Å². The van der Waals surface area contributed by atoms with Crippen molar-refractivity contribution in [3.05, 3.63) is 106 Å². The molecule has 6 heteroatoms. The molecule has 2 aliphatic rings. The second-order valence-corrected chi connectivity index (χ2v) is 9.13. The maximum atomic E-state index is 11.0. The fourth-order valence-electron chi connectivity index (χ4n) is 6.15. The van der Waals surface area contributed by atoms with Crippen LogP contribution in [0.4, 0.5) is 0 Å². The highest BCUT2D eigenvalue weighted by molar-refractivity contribution is 5.68. The molecule has 2 bridgehead atoms. The standard InChI is InChI=1S/C28H22O6/c29-15-5-1-13(2-6-15)23-25-19(9-17(31)11-21(25)33)28-24(14-3-7-16(30)8-4-14)27(23)20-10-18(32)12-22(34)26(20)28/h1-12,23-24,27-34H/t23-,24?,27+,28-/m1/s1. The zero-order chi connectivity index (χ0) is 23.7. The molecule has 0 saturated carbocycles.